The number of β-amino-alcohol motifs (C(OH)–C–C–N with tert-alkyl or cyclic N) is 1. The van der Waals surface area contributed by atoms with Crippen molar-refractivity contribution in [2.24, 2.45) is 0 Å². The van der Waals surface area contributed by atoms with Crippen molar-refractivity contribution in [1.82, 2.24) is 15.1 Å². The van der Waals surface area contributed by atoms with Gasteiger partial charge in [-0.15, -0.1) is 0 Å². The Balaban J connectivity index is 2.53. The second kappa shape index (κ2) is 8.39. The quantitative estimate of drug-likeness (QED) is 0.565. The summed E-state index contributed by atoms with van der Waals surface area (Å²) in [6, 6.07) is -0.551. The molecule has 1 atom stereocenters. The molecule has 19 heavy (non-hydrogen) atoms. The molecule has 0 aromatic rings. The Labute approximate surface area is 119 Å². The standard InChI is InChI=1S/C12H23N3O3S/c1-10(17)13-11(9-19)12(18)15-4-2-3-14(5-6-15)7-8-16/h11,16,19H,2-9H2,1H3,(H,13,17). The third kappa shape index (κ3) is 5.38. The van der Waals surface area contributed by atoms with E-state index >= 15 is 0 Å². The number of nitrogens with zero attached hydrogens (tertiary/aromatic N) is 2. The average molecular weight is 289 g/mol. The molecule has 1 aliphatic rings. The van der Waals surface area contributed by atoms with Gasteiger partial charge in [0, 0.05) is 38.9 Å². The van der Waals surface area contributed by atoms with Crippen LogP contribution in [0.5, 0.6) is 0 Å². The van der Waals surface area contributed by atoms with Gasteiger partial charge in [0.1, 0.15) is 6.04 Å². The lowest BCUT2D eigenvalue weighted by Crippen LogP contribution is -2.50. The van der Waals surface area contributed by atoms with Crippen molar-refractivity contribution < 1.29 is 14.7 Å². The van der Waals surface area contributed by atoms with Gasteiger partial charge in [-0.25, -0.2) is 0 Å². The number of aliphatic hydroxyl groups excluding tert-OH is 1. The summed E-state index contributed by atoms with van der Waals surface area (Å²) >= 11 is 4.12. The number of hydrogen-bond donors (Lipinski definition) is 3. The van der Waals surface area contributed by atoms with Crippen LogP contribution >= 0.6 is 12.6 Å². The Morgan fingerprint density at radius 2 is 2.05 bits per heavy atom. The molecule has 0 bridgehead atoms. The second-order valence-electron chi connectivity index (χ2n) is 4.68. The number of nitrogens with one attached hydrogen (secondary N) is 1. The monoisotopic (exact) mass is 289 g/mol. The summed E-state index contributed by atoms with van der Waals surface area (Å²) in [7, 11) is 0. The normalized spacial score (nSPS) is 18.8. The van der Waals surface area contributed by atoms with E-state index in [-0.39, 0.29) is 18.4 Å². The Bertz CT molecular complexity index is 315. The van der Waals surface area contributed by atoms with Gasteiger partial charge < -0.3 is 15.3 Å². The second-order valence-corrected chi connectivity index (χ2v) is 5.04. The van der Waals surface area contributed by atoms with E-state index in [2.05, 4.69) is 22.8 Å². The number of carbonyl (C=O) groups excluding carboxylic acids is 2. The summed E-state index contributed by atoms with van der Waals surface area (Å²) in [4.78, 5) is 27.2. The molecule has 110 valence electrons. The van der Waals surface area contributed by atoms with Gasteiger partial charge >= 0.3 is 0 Å². The van der Waals surface area contributed by atoms with Crippen molar-refractivity contribution in [3.8, 4) is 0 Å². The third-order valence-corrected chi connectivity index (χ3v) is 3.54. The summed E-state index contributed by atoms with van der Waals surface area (Å²) < 4.78 is 0. The third-order valence-electron chi connectivity index (χ3n) is 3.17. The molecule has 1 rings (SSSR count). The van der Waals surface area contributed by atoms with Crippen molar-refractivity contribution >= 4 is 24.4 Å². The molecule has 0 aliphatic carbocycles. The first-order valence-electron chi connectivity index (χ1n) is 6.58. The topological polar surface area (TPSA) is 72.9 Å². The summed E-state index contributed by atoms with van der Waals surface area (Å²) in [5, 5.41) is 11.6. The van der Waals surface area contributed by atoms with E-state index in [9.17, 15) is 9.59 Å². The SMILES string of the molecule is CC(=O)NC(CS)C(=O)N1CCCN(CCO)CC1. The molecule has 1 aliphatic heterocycles. The van der Waals surface area contributed by atoms with Gasteiger partial charge in [0.25, 0.3) is 0 Å². The Morgan fingerprint density at radius 1 is 1.32 bits per heavy atom. The fraction of sp³-hybridized carbons (Fsp3) is 0.833. The number of amides is 2. The highest BCUT2D eigenvalue weighted by Gasteiger charge is 2.25. The molecule has 7 heteroatoms. The fourth-order valence-electron chi connectivity index (χ4n) is 2.21. The maximum Gasteiger partial charge on any atom is 0.246 e. The first-order valence-corrected chi connectivity index (χ1v) is 7.21. The first kappa shape index (κ1) is 16.3. The smallest absolute Gasteiger partial charge is 0.246 e. The van der Waals surface area contributed by atoms with E-state index in [1.807, 2.05) is 0 Å². The van der Waals surface area contributed by atoms with Gasteiger partial charge in [-0.2, -0.15) is 12.6 Å². The number of thiol groups is 1. The number of aliphatic hydroxyl groups is 1. The highest BCUT2D eigenvalue weighted by Crippen LogP contribution is 2.06. The molecule has 0 saturated carbocycles. The van der Waals surface area contributed by atoms with Crippen LogP contribution in [0.3, 0.4) is 0 Å². The van der Waals surface area contributed by atoms with Crippen LogP contribution in [0.1, 0.15) is 13.3 Å². The molecule has 0 radical (unpaired) electrons. The number of hydrogen-bond acceptors (Lipinski definition) is 5. The molecule has 1 fully saturated rings. The van der Waals surface area contributed by atoms with Crippen LogP contribution in [-0.2, 0) is 9.59 Å². The van der Waals surface area contributed by atoms with E-state index in [1.165, 1.54) is 6.92 Å². The van der Waals surface area contributed by atoms with Crippen LogP contribution in [0.15, 0.2) is 0 Å². The Hall–Kier alpha value is -0.790. The van der Waals surface area contributed by atoms with E-state index < -0.39 is 6.04 Å². The lowest BCUT2D eigenvalue weighted by atomic mass is 10.2. The molecule has 1 saturated heterocycles. The van der Waals surface area contributed by atoms with Gasteiger partial charge in [0.2, 0.25) is 11.8 Å². The molecule has 0 spiro atoms. The van der Waals surface area contributed by atoms with Crippen molar-refractivity contribution in [1.29, 1.82) is 0 Å². The van der Waals surface area contributed by atoms with Crippen molar-refractivity contribution in [2.45, 2.75) is 19.4 Å². The lowest BCUT2D eigenvalue weighted by molar-refractivity contribution is -0.135. The van der Waals surface area contributed by atoms with E-state index in [4.69, 9.17) is 5.11 Å². The molecule has 0 aromatic heterocycles. The van der Waals surface area contributed by atoms with Crippen molar-refractivity contribution in [3.63, 3.8) is 0 Å². The van der Waals surface area contributed by atoms with Gasteiger partial charge in [-0.1, -0.05) is 0 Å². The molecule has 6 nitrogen and oxygen atoms in total. The number of carbonyl (C=O) groups is 2. The Kier molecular flexibility index (Phi) is 7.19. The molecule has 2 N–H and O–H groups in total. The van der Waals surface area contributed by atoms with E-state index in [0.717, 1.165) is 19.5 Å². The number of rotatable bonds is 5. The van der Waals surface area contributed by atoms with Crippen LogP contribution in [-0.4, -0.2) is 77.8 Å². The maximum atomic E-state index is 12.3. The highest BCUT2D eigenvalue weighted by molar-refractivity contribution is 7.80. The van der Waals surface area contributed by atoms with Crippen LogP contribution in [0.2, 0.25) is 0 Å². The van der Waals surface area contributed by atoms with Crippen LogP contribution in [0.4, 0.5) is 0 Å². The van der Waals surface area contributed by atoms with Gasteiger partial charge in [-0.05, 0) is 13.0 Å². The van der Waals surface area contributed by atoms with Crippen LogP contribution in [0, 0.1) is 0 Å². The van der Waals surface area contributed by atoms with E-state index in [0.29, 0.717) is 25.4 Å². The first-order chi connectivity index (χ1) is 9.08. The van der Waals surface area contributed by atoms with Crippen LogP contribution in [0.25, 0.3) is 0 Å². The van der Waals surface area contributed by atoms with Gasteiger partial charge in [0.15, 0.2) is 0 Å². The summed E-state index contributed by atoms with van der Waals surface area (Å²) in [6.07, 6.45) is 0.880. The minimum Gasteiger partial charge on any atom is -0.395 e. The fourth-order valence-corrected chi connectivity index (χ4v) is 2.46. The van der Waals surface area contributed by atoms with Crippen molar-refractivity contribution in [2.75, 3.05) is 45.1 Å². The average Bonchev–Trinajstić information content (AvgIpc) is 2.61. The summed E-state index contributed by atoms with van der Waals surface area (Å²) in [5.41, 5.74) is 0. The van der Waals surface area contributed by atoms with Gasteiger partial charge in [-0.3, -0.25) is 14.5 Å². The molecular weight excluding hydrogens is 266 g/mol. The zero-order valence-corrected chi connectivity index (χ0v) is 12.2. The predicted molar refractivity (Wildman–Crippen MR) is 76.2 cm³/mol. The zero-order chi connectivity index (χ0) is 14.3. The molecule has 2 amide bonds. The van der Waals surface area contributed by atoms with Crippen LogP contribution < -0.4 is 5.32 Å². The van der Waals surface area contributed by atoms with E-state index in [1.54, 1.807) is 4.90 Å². The minimum absolute atomic E-state index is 0.0731. The Morgan fingerprint density at radius 3 is 2.63 bits per heavy atom. The molecule has 0 aromatic carbocycles. The molecule has 1 unspecified atom stereocenters. The van der Waals surface area contributed by atoms with Gasteiger partial charge in [0.05, 0.1) is 6.61 Å². The summed E-state index contributed by atoms with van der Waals surface area (Å²) in [6.45, 7) is 5.13. The lowest BCUT2D eigenvalue weighted by Gasteiger charge is -2.26. The maximum absolute atomic E-state index is 12.3. The highest BCUT2D eigenvalue weighted by atomic mass is 32.1. The molecular formula is C12H23N3O3S. The largest absolute Gasteiger partial charge is 0.395 e. The predicted octanol–water partition coefficient (Wildman–Crippen LogP) is -1.05. The molecule has 1 heterocycles. The summed E-state index contributed by atoms with van der Waals surface area (Å²) in [5.74, 6) is 0.00936. The zero-order valence-electron chi connectivity index (χ0n) is 11.3. The van der Waals surface area contributed by atoms with Crippen molar-refractivity contribution in [3.05, 3.63) is 0 Å². The minimum atomic E-state index is -0.551.